The number of pyridine rings is 1. The van der Waals surface area contributed by atoms with Gasteiger partial charge < -0.3 is 10.1 Å². The summed E-state index contributed by atoms with van der Waals surface area (Å²) >= 11 is 0. The Kier molecular flexibility index (Phi) is 7.25. The first-order valence-corrected chi connectivity index (χ1v) is 12.3. The quantitative estimate of drug-likeness (QED) is 0.217. The molecule has 0 aliphatic heterocycles. The van der Waals surface area contributed by atoms with Gasteiger partial charge in [0.15, 0.2) is 0 Å². The normalized spacial score (nSPS) is 12.5. The molecule has 0 aliphatic rings. The molecule has 4 aromatic rings. The molecule has 0 saturated heterocycles. The molecular weight excluding hydrogens is 434 g/mol. The highest BCUT2D eigenvalue weighted by molar-refractivity contribution is 5.78. The molecule has 5 nitrogen and oxygen atoms in total. The number of esters is 1. The number of imidazole rings is 1. The van der Waals surface area contributed by atoms with Gasteiger partial charge in [0.2, 0.25) is 0 Å². The van der Waals surface area contributed by atoms with Crippen molar-refractivity contribution < 1.29 is 9.53 Å². The molecule has 1 atom stereocenters. The van der Waals surface area contributed by atoms with Gasteiger partial charge in [-0.05, 0) is 60.1 Å². The van der Waals surface area contributed by atoms with Crippen molar-refractivity contribution >= 4 is 17.4 Å². The summed E-state index contributed by atoms with van der Waals surface area (Å²) in [6, 6.07) is 22.1. The van der Waals surface area contributed by atoms with Crippen LogP contribution < -0.4 is 10.1 Å². The molecule has 0 amide bonds. The lowest BCUT2D eigenvalue weighted by molar-refractivity contribution is -0.135. The van der Waals surface area contributed by atoms with Crippen LogP contribution in [0.25, 0.3) is 16.9 Å². The molecule has 2 aromatic heterocycles. The van der Waals surface area contributed by atoms with E-state index in [1.54, 1.807) is 0 Å². The maximum absolute atomic E-state index is 12.6. The van der Waals surface area contributed by atoms with Crippen LogP contribution in [-0.2, 0) is 11.3 Å². The third kappa shape index (κ3) is 6.50. The zero-order valence-corrected chi connectivity index (χ0v) is 21.3. The molecule has 4 rings (SSSR count). The predicted molar refractivity (Wildman–Crippen MR) is 143 cm³/mol. The lowest BCUT2D eigenvalue weighted by Gasteiger charge is -2.22. The summed E-state index contributed by atoms with van der Waals surface area (Å²) in [4.78, 5) is 17.5. The van der Waals surface area contributed by atoms with Crippen LogP contribution in [0.3, 0.4) is 0 Å². The fraction of sp³-hybridized carbons (Fsp3) is 0.333. The Morgan fingerprint density at radius 2 is 1.83 bits per heavy atom. The molecule has 0 saturated carbocycles. The first kappa shape index (κ1) is 24.5. The van der Waals surface area contributed by atoms with Crippen molar-refractivity contribution in [3.8, 4) is 17.0 Å². The number of carbonyl (C=O) groups excluding carboxylic acids is 1. The SMILES string of the molecule is Cc1ccn2c(NCc3ccccc3)c(-c3cccc(OC(=O)CC(C)CC(C)(C)C)c3)nc2c1. The molecule has 0 radical (unpaired) electrons. The monoisotopic (exact) mass is 469 g/mol. The highest BCUT2D eigenvalue weighted by Crippen LogP contribution is 2.32. The number of aryl methyl sites for hydroxylation is 1. The van der Waals surface area contributed by atoms with Gasteiger partial charge in [-0.2, -0.15) is 0 Å². The fourth-order valence-corrected chi connectivity index (χ4v) is 4.58. The molecule has 0 bridgehead atoms. The lowest BCUT2D eigenvalue weighted by Crippen LogP contribution is -2.17. The second-order valence-corrected chi connectivity index (χ2v) is 10.7. The van der Waals surface area contributed by atoms with E-state index in [0.29, 0.717) is 18.7 Å². The van der Waals surface area contributed by atoms with Crippen molar-refractivity contribution in [3.63, 3.8) is 0 Å². The average Bonchev–Trinajstić information content (AvgIpc) is 3.14. The van der Waals surface area contributed by atoms with Crippen molar-refractivity contribution in [2.75, 3.05) is 5.32 Å². The summed E-state index contributed by atoms with van der Waals surface area (Å²) in [5.41, 5.74) is 5.11. The van der Waals surface area contributed by atoms with E-state index in [-0.39, 0.29) is 17.3 Å². The van der Waals surface area contributed by atoms with E-state index in [0.717, 1.165) is 34.7 Å². The van der Waals surface area contributed by atoms with E-state index in [2.05, 4.69) is 68.6 Å². The largest absolute Gasteiger partial charge is 0.426 e. The van der Waals surface area contributed by atoms with E-state index < -0.39 is 0 Å². The number of nitrogens with zero attached hydrogens (tertiary/aromatic N) is 2. The Hall–Kier alpha value is -3.60. The molecule has 2 heterocycles. The van der Waals surface area contributed by atoms with Crippen LogP contribution in [0.2, 0.25) is 0 Å². The molecule has 0 aliphatic carbocycles. The van der Waals surface area contributed by atoms with Crippen LogP contribution >= 0.6 is 0 Å². The Balaban J connectivity index is 1.59. The Morgan fingerprint density at radius 3 is 2.57 bits per heavy atom. The second-order valence-electron chi connectivity index (χ2n) is 10.7. The minimum Gasteiger partial charge on any atom is -0.426 e. The van der Waals surface area contributed by atoms with Crippen LogP contribution in [-0.4, -0.2) is 15.4 Å². The van der Waals surface area contributed by atoms with E-state index in [1.165, 1.54) is 5.56 Å². The molecule has 0 fully saturated rings. The Bertz CT molecular complexity index is 1300. The van der Waals surface area contributed by atoms with Gasteiger partial charge in [-0.25, -0.2) is 4.98 Å². The van der Waals surface area contributed by atoms with Gasteiger partial charge in [0.25, 0.3) is 0 Å². The van der Waals surface area contributed by atoms with Crippen LogP contribution in [0.1, 0.15) is 51.7 Å². The molecule has 1 N–H and O–H groups in total. The number of benzene rings is 2. The highest BCUT2D eigenvalue weighted by Gasteiger charge is 2.20. The number of carbonyl (C=O) groups is 1. The van der Waals surface area contributed by atoms with Crippen molar-refractivity contribution in [3.05, 3.63) is 84.1 Å². The molecule has 5 heteroatoms. The van der Waals surface area contributed by atoms with Crippen molar-refractivity contribution in [2.24, 2.45) is 11.3 Å². The molecule has 0 spiro atoms. The molecular formula is C30H35N3O2. The minimum atomic E-state index is -0.202. The molecule has 35 heavy (non-hydrogen) atoms. The van der Waals surface area contributed by atoms with Gasteiger partial charge in [0.1, 0.15) is 22.9 Å². The topological polar surface area (TPSA) is 55.6 Å². The van der Waals surface area contributed by atoms with Crippen molar-refractivity contribution in [2.45, 2.75) is 54.0 Å². The molecule has 2 aromatic carbocycles. The zero-order valence-electron chi connectivity index (χ0n) is 21.3. The number of hydrogen-bond donors (Lipinski definition) is 1. The van der Waals surface area contributed by atoms with Gasteiger partial charge in [-0.1, -0.05) is 70.2 Å². The number of aromatic nitrogens is 2. The maximum atomic E-state index is 12.6. The van der Waals surface area contributed by atoms with Gasteiger partial charge in [0, 0.05) is 24.7 Å². The van der Waals surface area contributed by atoms with E-state index in [4.69, 9.17) is 9.72 Å². The smallest absolute Gasteiger partial charge is 0.311 e. The maximum Gasteiger partial charge on any atom is 0.311 e. The third-order valence-electron chi connectivity index (χ3n) is 5.90. The van der Waals surface area contributed by atoms with Crippen molar-refractivity contribution in [1.82, 2.24) is 9.38 Å². The lowest BCUT2D eigenvalue weighted by atomic mass is 9.84. The summed E-state index contributed by atoms with van der Waals surface area (Å²) in [7, 11) is 0. The van der Waals surface area contributed by atoms with E-state index in [9.17, 15) is 4.79 Å². The number of hydrogen-bond acceptors (Lipinski definition) is 4. The zero-order chi connectivity index (χ0) is 25.0. The second kappa shape index (κ2) is 10.3. The number of fused-ring (bicyclic) bond motifs is 1. The Labute approximate surface area is 208 Å². The molecule has 1 unspecified atom stereocenters. The predicted octanol–water partition coefficient (Wildman–Crippen LogP) is 7.29. The minimum absolute atomic E-state index is 0.185. The van der Waals surface area contributed by atoms with Crippen LogP contribution in [0, 0.1) is 18.3 Å². The number of anilines is 1. The standard InChI is InChI=1S/C30H35N3O2/c1-21-14-15-33-26(16-21)32-28(29(33)31-20-23-10-7-6-8-11-23)24-12-9-13-25(18-24)35-27(34)17-22(2)19-30(3,4)5/h6-16,18,22,31H,17,19-20H2,1-5H3. The molecule has 182 valence electrons. The van der Waals surface area contributed by atoms with E-state index in [1.807, 2.05) is 48.7 Å². The summed E-state index contributed by atoms with van der Waals surface area (Å²) in [6.07, 6.45) is 3.41. The summed E-state index contributed by atoms with van der Waals surface area (Å²) in [5, 5.41) is 3.57. The van der Waals surface area contributed by atoms with Crippen molar-refractivity contribution in [1.29, 1.82) is 0 Å². The highest BCUT2D eigenvalue weighted by atomic mass is 16.5. The van der Waals surface area contributed by atoms with E-state index >= 15 is 0 Å². The van der Waals surface area contributed by atoms with Gasteiger partial charge in [0.05, 0.1) is 0 Å². The number of ether oxygens (including phenoxy) is 1. The average molecular weight is 470 g/mol. The Morgan fingerprint density at radius 1 is 1.06 bits per heavy atom. The fourth-order valence-electron chi connectivity index (χ4n) is 4.58. The number of rotatable bonds is 8. The third-order valence-corrected chi connectivity index (χ3v) is 5.90. The summed E-state index contributed by atoms with van der Waals surface area (Å²) in [5.74, 6) is 1.51. The summed E-state index contributed by atoms with van der Waals surface area (Å²) < 4.78 is 7.80. The van der Waals surface area contributed by atoms with Gasteiger partial charge >= 0.3 is 5.97 Å². The van der Waals surface area contributed by atoms with Crippen LogP contribution in [0.5, 0.6) is 5.75 Å². The first-order valence-electron chi connectivity index (χ1n) is 12.3. The summed E-state index contributed by atoms with van der Waals surface area (Å²) in [6.45, 7) is 11.4. The number of nitrogens with one attached hydrogen (secondary N) is 1. The first-order chi connectivity index (χ1) is 16.7. The van der Waals surface area contributed by atoms with Gasteiger partial charge in [-0.3, -0.25) is 9.20 Å². The van der Waals surface area contributed by atoms with Crippen LogP contribution in [0.15, 0.2) is 72.9 Å². The van der Waals surface area contributed by atoms with Gasteiger partial charge in [-0.15, -0.1) is 0 Å². The van der Waals surface area contributed by atoms with Crippen LogP contribution in [0.4, 0.5) is 5.82 Å².